The number of carbonyl (C=O) groups is 3. The van der Waals surface area contributed by atoms with Crippen LogP contribution in [-0.4, -0.2) is 64.8 Å². The first kappa shape index (κ1) is 22.2. The maximum atomic E-state index is 12.8. The van der Waals surface area contributed by atoms with Gasteiger partial charge >= 0.3 is 12.0 Å². The zero-order valence-electron chi connectivity index (χ0n) is 18.1. The molecule has 1 aromatic carbocycles. The number of carboxylic acid groups (broad SMARTS) is 1. The van der Waals surface area contributed by atoms with Crippen molar-refractivity contribution in [2.45, 2.75) is 51.6 Å². The average Bonchev–Trinajstić information content (AvgIpc) is 2.88. The molecule has 0 atom stereocenters. The van der Waals surface area contributed by atoms with Crippen LogP contribution < -0.4 is 10.2 Å². The highest BCUT2D eigenvalue weighted by atomic mass is 16.4. The molecule has 8 heteroatoms. The first-order chi connectivity index (χ1) is 13.9. The van der Waals surface area contributed by atoms with Crippen LogP contribution in [0.4, 0.5) is 10.5 Å². The Labute approximate surface area is 176 Å². The summed E-state index contributed by atoms with van der Waals surface area (Å²) in [6, 6.07) is 6.69. The molecule has 1 fully saturated rings. The lowest BCUT2D eigenvalue weighted by atomic mass is 9.86. The van der Waals surface area contributed by atoms with Crippen molar-refractivity contribution < 1.29 is 24.6 Å². The average molecular weight is 418 g/mol. The Morgan fingerprint density at radius 2 is 1.77 bits per heavy atom. The number of carboxylic acids is 1. The Morgan fingerprint density at radius 1 is 1.17 bits per heavy atom. The second-order valence-electron chi connectivity index (χ2n) is 9.63. The lowest BCUT2D eigenvalue weighted by Crippen LogP contribution is -2.55. The molecule has 0 spiro atoms. The predicted octanol–water partition coefficient (Wildman–Crippen LogP) is 1.96. The highest BCUT2D eigenvalue weighted by molar-refractivity contribution is 6.22. The molecule has 2 aliphatic heterocycles. The predicted molar refractivity (Wildman–Crippen MR) is 112 cm³/mol. The molecule has 3 N–H and O–H groups in total. The van der Waals surface area contributed by atoms with Gasteiger partial charge in [0.25, 0.3) is 0 Å². The summed E-state index contributed by atoms with van der Waals surface area (Å²) >= 11 is 0. The number of nitrogens with one attached hydrogen (secondary N) is 1. The van der Waals surface area contributed by atoms with Gasteiger partial charge in [0.05, 0.1) is 22.1 Å². The van der Waals surface area contributed by atoms with Crippen LogP contribution in [0.25, 0.3) is 0 Å². The van der Waals surface area contributed by atoms with Crippen LogP contribution in [0.1, 0.15) is 46.1 Å². The molecular formula is C22H31N3O5. The number of carbonyl (C=O) groups excluding carboxylic acids is 2. The second kappa shape index (κ2) is 7.67. The highest BCUT2D eigenvalue weighted by Crippen LogP contribution is 2.41. The third kappa shape index (κ3) is 4.06. The van der Waals surface area contributed by atoms with Gasteiger partial charge in [-0.2, -0.15) is 0 Å². The zero-order chi connectivity index (χ0) is 22.3. The van der Waals surface area contributed by atoms with E-state index in [1.54, 1.807) is 39.8 Å². The van der Waals surface area contributed by atoms with Crippen molar-refractivity contribution in [3.05, 3.63) is 29.8 Å². The van der Waals surface area contributed by atoms with Gasteiger partial charge in [-0.3, -0.25) is 9.59 Å². The van der Waals surface area contributed by atoms with E-state index in [0.717, 1.165) is 10.5 Å². The number of hydrogen-bond donors (Lipinski definition) is 3. The molecule has 3 amide bonds. The largest absolute Gasteiger partial charge is 0.481 e. The first-order valence-corrected chi connectivity index (χ1v) is 10.3. The molecule has 0 bridgehead atoms. The molecule has 0 radical (unpaired) electrons. The van der Waals surface area contributed by atoms with Gasteiger partial charge in [0.1, 0.15) is 0 Å². The van der Waals surface area contributed by atoms with E-state index in [1.165, 1.54) is 0 Å². The summed E-state index contributed by atoms with van der Waals surface area (Å²) in [4.78, 5) is 40.2. The minimum Gasteiger partial charge on any atom is -0.481 e. The van der Waals surface area contributed by atoms with Crippen LogP contribution in [0.15, 0.2) is 24.3 Å². The van der Waals surface area contributed by atoms with Gasteiger partial charge in [0, 0.05) is 26.2 Å². The van der Waals surface area contributed by atoms with Crippen LogP contribution in [0.3, 0.4) is 0 Å². The SMILES string of the molecule is CC(C)(CN1CCC(O)(CNC(=O)N2C(=O)C(C)(C)c3ccccc32)CC1)C(=O)O. The topological polar surface area (TPSA) is 110 Å². The van der Waals surface area contributed by atoms with Crippen molar-refractivity contribution in [2.24, 2.45) is 5.41 Å². The molecule has 0 aromatic heterocycles. The lowest BCUT2D eigenvalue weighted by Gasteiger charge is -2.40. The van der Waals surface area contributed by atoms with E-state index >= 15 is 0 Å². The Hall–Kier alpha value is -2.45. The van der Waals surface area contributed by atoms with Crippen molar-refractivity contribution in [1.82, 2.24) is 10.2 Å². The molecule has 30 heavy (non-hydrogen) atoms. The third-order valence-electron chi connectivity index (χ3n) is 6.31. The fourth-order valence-corrected chi connectivity index (χ4v) is 4.15. The summed E-state index contributed by atoms with van der Waals surface area (Å²) in [7, 11) is 0. The molecule has 2 aliphatic rings. The van der Waals surface area contributed by atoms with Gasteiger partial charge in [-0.1, -0.05) is 18.2 Å². The van der Waals surface area contributed by atoms with Gasteiger partial charge in [0.2, 0.25) is 5.91 Å². The smallest absolute Gasteiger partial charge is 0.328 e. The molecule has 0 aliphatic carbocycles. The molecule has 0 saturated carbocycles. The van der Waals surface area contributed by atoms with E-state index in [2.05, 4.69) is 5.32 Å². The molecule has 164 valence electrons. The number of para-hydroxylation sites is 1. The number of urea groups is 1. The number of aliphatic hydroxyl groups is 1. The van der Waals surface area contributed by atoms with E-state index in [9.17, 15) is 24.6 Å². The van der Waals surface area contributed by atoms with Crippen molar-refractivity contribution in [1.29, 1.82) is 0 Å². The van der Waals surface area contributed by atoms with Gasteiger partial charge < -0.3 is 20.4 Å². The van der Waals surface area contributed by atoms with Gasteiger partial charge in [-0.25, -0.2) is 9.69 Å². The molecular weight excluding hydrogens is 386 g/mol. The van der Waals surface area contributed by atoms with Crippen LogP contribution >= 0.6 is 0 Å². The Bertz CT molecular complexity index is 856. The molecule has 1 aromatic rings. The summed E-state index contributed by atoms with van der Waals surface area (Å²) in [6.07, 6.45) is 0.831. The Morgan fingerprint density at radius 3 is 2.37 bits per heavy atom. The number of rotatable bonds is 5. The number of imide groups is 1. The van der Waals surface area contributed by atoms with E-state index in [4.69, 9.17) is 0 Å². The standard InChI is InChI=1S/C22H31N3O5/c1-20(2,18(27)28)14-24-11-9-22(30,10-12-24)13-23-19(29)25-16-8-6-5-7-15(16)21(3,4)17(25)26/h5-8,30H,9-14H2,1-4H3,(H,23,29)(H,27,28). The monoisotopic (exact) mass is 417 g/mol. The molecule has 3 rings (SSSR count). The quantitative estimate of drug-likeness (QED) is 0.676. The zero-order valence-corrected chi connectivity index (χ0v) is 18.1. The van der Waals surface area contributed by atoms with E-state index < -0.39 is 28.4 Å². The molecule has 0 unspecified atom stereocenters. The summed E-state index contributed by atoms with van der Waals surface area (Å²) < 4.78 is 0. The van der Waals surface area contributed by atoms with Gasteiger partial charge in [-0.15, -0.1) is 0 Å². The number of likely N-dealkylation sites (tertiary alicyclic amines) is 1. The minimum atomic E-state index is -1.09. The summed E-state index contributed by atoms with van der Waals surface area (Å²) in [5, 5.41) is 22.9. The minimum absolute atomic E-state index is 0.0361. The summed E-state index contributed by atoms with van der Waals surface area (Å²) in [6.45, 7) is 8.48. The van der Waals surface area contributed by atoms with Crippen molar-refractivity contribution in [3.8, 4) is 0 Å². The number of anilines is 1. The second-order valence-corrected chi connectivity index (χ2v) is 9.63. The number of amides is 3. The van der Waals surface area contributed by atoms with E-state index in [0.29, 0.717) is 38.2 Å². The van der Waals surface area contributed by atoms with Crippen LogP contribution in [0, 0.1) is 5.41 Å². The van der Waals surface area contributed by atoms with Crippen molar-refractivity contribution >= 4 is 23.6 Å². The highest BCUT2D eigenvalue weighted by Gasteiger charge is 2.47. The Balaban J connectivity index is 1.59. The van der Waals surface area contributed by atoms with Crippen LogP contribution in [0.2, 0.25) is 0 Å². The van der Waals surface area contributed by atoms with Crippen molar-refractivity contribution in [2.75, 3.05) is 31.1 Å². The fraction of sp³-hybridized carbons (Fsp3) is 0.591. The number of fused-ring (bicyclic) bond motifs is 1. The van der Waals surface area contributed by atoms with Crippen LogP contribution in [-0.2, 0) is 15.0 Å². The first-order valence-electron chi connectivity index (χ1n) is 10.3. The van der Waals surface area contributed by atoms with Gasteiger partial charge in [-0.05, 0) is 52.2 Å². The van der Waals surface area contributed by atoms with Crippen LogP contribution in [0.5, 0.6) is 0 Å². The third-order valence-corrected chi connectivity index (χ3v) is 6.31. The lowest BCUT2D eigenvalue weighted by molar-refractivity contribution is -0.148. The maximum absolute atomic E-state index is 12.8. The molecule has 8 nitrogen and oxygen atoms in total. The molecule has 1 saturated heterocycles. The normalized spacial score (nSPS) is 20.7. The van der Waals surface area contributed by atoms with Gasteiger partial charge in [0.15, 0.2) is 0 Å². The van der Waals surface area contributed by atoms with Crippen molar-refractivity contribution in [3.63, 3.8) is 0 Å². The number of aliphatic carboxylic acids is 1. The molecule has 2 heterocycles. The fourth-order valence-electron chi connectivity index (χ4n) is 4.15. The number of hydrogen-bond acceptors (Lipinski definition) is 5. The number of nitrogens with zero attached hydrogens (tertiary/aromatic N) is 2. The Kier molecular flexibility index (Phi) is 5.68. The number of benzene rings is 1. The maximum Gasteiger partial charge on any atom is 0.328 e. The van der Waals surface area contributed by atoms with E-state index in [1.807, 2.05) is 17.0 Å². The summed E-state index contributed by atoms with van der Waals surface area (Å²) in [5.41, 5.74) is -1.36. The number of piperidine rings is 1. The van der Waals surface area contributed by atoms with E-state index in [-0.39, 0.29) is 12.5 Å². The summed E-state index contributed by atoms with van der Waals surface area (Å²) in [5.74, 6) is -1.15.